The third-order valence-corrected chi connectivity index (χ3v) is 6.70. The van der Waals surface area contributed by atoms with Gasteiger partial charge in [-0.25, -0.2) is 9.18 Å². The first kappa shape index (κ1) is 25.5. The van der Waals surface area contributed by atoms with Crippen LogP contribution in [0, 0.1) is 5.82 Å². The summed E-state index contributed by atoms with van der Waals surface area (Å²) in [6.45, 7) is 5.91. The Bertz CT molecular complexity index is 1280. The van der Waals surface area contributed by atoms with Crippen molar-refractivity contribution in [1.29, 1.82) is 0 Å². The molecule has 0 saturated heterocycles. The Morgan fingerprint density at radius 1 is 1.05 bits per heavy atom. The third kappa shape index (κ3) is 5.88. The maximum atomic E-state index is 14.0. The van der Waals surface area contributed by atoms with Crippen LogP contribution in [0.25, 0.3) is 5.69 Å². The van der Waals surface area contributed by atoms with Gasteiger partial charge in [0.05, 0.1) is 24.9 Å². The van der Waals surface area contributed by atoms with Crippen molar-refractivity contribution in [2.75, 3.05) is 0 Å². The molecule has 2 heterocycles. The van der Waals surface area contributed by atoms with Crippen molar-refractivity contribution in [1.82, 2.24) is 19.8 Å². The molecule has 0 spiro atoms. The molecule has 2 aliphatic rings. The SMILES string of the molecule is CC(C)(C)OC(=O)ON1Cc2cc(Cl)ccc2-n2c(nnc2[C@H]2CC[C@H](Oc3ccccc3F)CC2)C1. The van der Waals surface area contributed by atoms with Gasteiger partial charge in [0.15, 0.2) is 17.4 Å². The predicted octanol–water partition coefficient (Wildman–Crippen LogP) is 6.35. The number of carbonyl (C=O) groups excluding carboxylic acids is 1. The topological polar surface area (TPSA) is 78.7 Å². The number of ether oxygens (including phenoxy) is 2. The molecule has 8 nitrogen and oxygen atoms in total. The maximum Gasteiger partial charge on any atom is 0.528 e. The first-order chi connectivity index (χ1) is 17.7. The molecule has 1 aliphatic carbocycles. The van der Waals surface area contributed by atoms with Crippen molar-refractivity contribution in [2.45, 2.75) is 77.2 Å². The molecule has 1 aromatic heterocycles. The summed E-state index contributed by atoms with van der Waals surface area (Å²) in [4.78, 5) is 17.9. The van der Waals surface area contributed by atoms with Gasteiger partial charge in [0.1, 0.15) is 11.4 Å². The highest BCUT2D eigenvalue weighted by Gasteiger charge is 2.32. The van der Waals surface area contributed by atoms with Crippen LogP contribution in [0.2, 0.25) is 5.02 Å². The highest BCUT2D eigenvalue weighted by molar-refractivity contribution is 6.30. The molecule has 1 fully saturated rings. The molecule has 0 atom stereocenters. The zero-order valence-corrected chi connectivity index (χ0v) is 21.9. The molecule has 3 aromatic rings. The second-order valence-electron chi connectivity index (χ2n) is 10.5. The normalized spacial score (nSPS) is 19.9. The molecule has 1 saturated carbocycles. The summed E-state index contributed by atoms with van der Waals surface area (Å²) >= 11 is 6.32. The van der Waals surface area contributed by atoms with Crippen molar-refractivity contribution in [3.63, 3.8) is 0 Å². The predicted molar refractivity (Wildman–Crippen MR) is 135 cm³/mol. The lowest BCUT2D eigenvalue weighted by Crippen LogP contribution is -2.31. The van der Waals surface area contributed by atoms with Crippen LogP contribution in [0.1, 0.15) is 69.6 Å². The number of aromatic nitrogens is 3. The quantitative estimate of drug-likeness (QED) is 0.365. The molecule has 5 rings (SSSR count). The number of fused-ring (bicyclic) bond motifs is 3. The average molecular weight is 529 g/mol. The minimum Gasteiger partial charge on any atom is -0.487 e. The van der Waals surface area contributed by atoms with E-state index in [1.165, 1.54) is 11.1 Å². The van der Waals surface area contributed by atoms with E-state index >= 15 is 0 Å². The largest absolute Gasteiger partial charge is 0.528 e. The van der Waals surface area contributed by atoms with Gasteiger partial charge in [-0.3, -0.25) is 4.57 Å². The Morgan fingerprint density at radius 2 is 1.81 bits per heavy atom. The molecule has 2 aromatic carbocycles. The monoisotopic (exact) mass is 528 g/mol. The minimum atomic E-state index is -0.780. The van der Waals surface area contributed by atoms with Crippen LogP contribution in [0.4, 0.5) is 9.18 Å². The number of hydroxylamine groups is 2. The van der Waals surface area contributed by atoms with E-state index < -0.39 is 11.8 Å². The van der Waals surface area contributed by atoms with Crippen LogP contribution in [0.5, 0.6) is 5.75 Å². The van der Waals surface area contributed by atoms with Crippen molar-refractivity contribution in [3.8, 4) is 11.4 Å². The number of benzene rings is 2. The number of carbonyl (C=O) groups is 1. The van der Waals surface area contributed by atoms with E-state index in [9.17, 15) is 9.18 Å². The fourth-order valence-electron chi connectivity index (χ4n) is 4.86. The van der Waals surface area contributed by atoms with Gasteiger partial charge in [-0.2, -0.15) is 0 Å². The van der Waals surface area contributed by atoms with E-state index in [-0.39, 0.29) is 30.1 Å². The summed E-state index contributed by atoms with van der Waals surface area (Å²) in [5.41, 5.74) is 1.11. The zero-order chi connectivity index (χ0) is 26.2. The van der Waals surface area contributed by atoms with Crippen LogP contribution in [-0.2, 0) is 22.7 Å². The lowest BCUT2D eigenvalue weighted by Gasteiger charge is -2.29. The second-order valence-corrected chi connectivity index (χ2v) is 10.9. The standard InChI is InChI=1S/C27H30ClFN4O4/c1-27(2,3)36-26(34)37-32-15-18-14-19(28)10-13-22(18)33-24(16-32)30-31-25(33)17-8-11-20(12-9-17)35-23-7-5-4-6-21(23)29/h4-7,10,13-14,17,20H,8-9,11-12,15-16H2,1-3H3/t17-,20-. The summed E-state index contributed by atoms with van der Waals surface area (Å²) in [6.07, 6.45) is 2.39. The van der Waals surface area contributed by atoms with Crippen LogP contribution >= 0.6 is 11.6 Å². The summed E-state index contributed by atoms with van der Waals surface area (Å²) in [5, 5.41) is 11.1. The molecule has 0 unspecified atom stereocenters. The fraction of sp³-hybridized carbons (Fsp3) is 0.444. The van der Waals surface area contributed by atoms with Gasteiger partial charge in [0.2, 0.25) is 0 Å². The Kier molecular flexibility index (Phi) is 7.09. The smallest absolute Gasteiger partial charge is 0.487 e. The molecule has 10 heteroatoms. The number of rotatable bonds is 4. The van der Waals surface area contributed by atoms with E-state index in [0.717, 1.165) is 42.8 Å². The Morgan fingerprint density at radius 3 is 2.54 bits per heavy atom. The van der Waals surface area contributed by atoms with E-state index in [0.29, 0.717) is 17.4 Å². The minimum absolute atomic E-state index is 0.0523. The number of hydrogen-bond donors (Lipinski definition) is 0. The van der Waals surface area contributed by atoms with Gasteiger partial charge in [0.25, 0.3) is 0 Å². The highest BCUT2D eigenvalue weighted by Crippen LogP contribution is 2.37. The summed E-state index contributed by atoms with van der Waals surface area (Å²) < 4.78 is 27.4. The van der Waals surface area contributed by atoms with Gasteiger partial charge in [0, 0.05) is 10.9 Å². The number of hydrogen-bond acceptors (Lipinski definition) is 7. The van der Waals surface area contributed by atoms with Gasteiger partial charge in [-0.05, 0) is 82.3 Å². The molecule has 196 valence electrons. The lowest BCUT2D eigenvalue weighted by atomic mass is 9.86. The molecule has 37 heavy (non-hydrogen) atoms. The van der Waals surface area contributed by atoms with Crippen molar-refractivity contribution < 1.29 is 23.5 Å². The van der Waals surface area contributed by atoms with Crippen LogP contribution in [0.15, 0.2) is 42.5 Å². The summed E-state index contributed by atoms with van der Waals surface area (Å²) in [5.74, 6) is 1.61. The molecule has 0 radical (unpaired) electrons. The van der Waals surface area contributed by atoms with Crippen molar-refractivity contribution in [3.05, 3.63) is 70.5 Å². The fourth-order valence-corrected chi connectivity index (χ4v) is 5.05. The van der Waals surface area contributed by atoms with E-state index in [1.54, 1.807) is 39.0 Å². The highest BCUT2D eigenvalue weighted by atomic mass is 35.5. The molecular formula is C27H30ClFN4O4. The van der Waals surface area contributed by atoms with E-state index in [4.69, 9.17) is 25.9 Å². The van der Waals surface area contributed by atoms with E-state index in [1.807, 2.05) is 22.8 Å². The van der Waals surface area contributed by atoms with Crippen LogP contribution in [-0.4, -0.2) is 37.7 Å². The van der Waals surface area contributed by atoms with E-state index in [2.05, 4.69) is 10.2 Å². The number of para-hydroxylation sites is 1. The van der Waals surface area contributed by atoms with Gasteiger partial charge in [-0.1, -0.05) is 23.7 Å². The van der Waals surface area contributed by atoms with Gasteiger partial charge < -0.3 is 14.3 Å². The van der Waals surface area contributed by atoms with Crippen molar-refractivity contribution in [2.24, 2.45) is 0 Å². The Labute approximate surface area is 220 Å². The number of nitrogens with zero attached hydrogens (tertiary/aromatic N) is 4. The first-order valence-corrected chi connectivity index (χ1v) is 12.8. The van der Waals surface area contributed by atoms with Gasteiger partial charge in [-0.15, -0.1) is 15.3 Å². The first-order valence-electron chi connectivity index (χ1n) is 12.5. The average Bonchev–Trinajstić information content (AvgIpc) is 3.16. The maximum absolute atomic E-state index is 14.0. The second kappa shape index (κ2) is 10.3. The molecule has 1 aliphatic heterocycles. The zero-order valence-electron chi connectivity index (χ0n) is 21.1. The molecular weight excluding hydrogens is 499 g/mol. The Balaban J connectivity index is 1.36. The van der Waals surface area contributed by atoms with Crippen LogP contribution < -0.4 is 4.74 Å². The Hall–Kier alpha value is -3.17. The number of halogens is 2. The summed E-state index contributed by atoms with van der Waals surface area (Å²) in [6, 6.07) is 12.1. The van der Waals surface area contributed by atoms with Crippen molar-refractivity contribution >= 4 is 17.8 Å². The molecule has 0 N–H and O–H groups in total. The van der Waals surface area contributed by atoms with Crippen LogP contribution in [0.3, 0.4) is 0 Å². The molecule has 0 amide bonds. The lowest BCUT2D eigenvalue weighted by molar-refractivity contribution is -0.155. The third-order valence-electron chi connectivity index (χ3n) is 6.46. The summed E-state index contributed by atoms with van der Waals surface area (Å²) in [7, 11) is 0. The molecule has 0 bridgehead atoms. The van der Waals surface area contributed by atoms with Gasteiger partial charge >= 0.3 is 6.16 Å².